The van der Waals surface area contributed by atoms with Crippen molar-refractivity contribution in [3.63, 3.8) is 0 Å². The van der Waals surface area contributed by atoms with E-state index in [2.05, 4.69) is 15.2 Å². The maximum Gasteiger partial charge on any atom is 0.274 e. The van der Waals surface area contributed by atoms with Gasteiger partial charge in [-0.05, 0) is 31.0 Å². The highest BCUT2D eigenvalue weighted by molar-refractivity contribution is 6.04. The average molecular weight is 364 g/mol. The van der Waals surface area contributed by atoms with Crippen LogP contribution >= 0.6 is 0 Å². The summed E-state index contributed by atoms with van der Waals surface area (Å²) in [5.74, 6) is -0.161. The molecule has 27 heavy (non-hydrogen) atoms. The van der Waals surface area contributed by atoms with Crippen LogP contribution in [0.15, 0.2) is 53.5 Å². The molecule has 1 aliphatic heterocycles. The van der Waals surface area contributed by atoms with Gasteiger partial charge in [-0.15, -0.1) is 0 Å². The first-order valence-corrected chi connectivity index (χ1v) is 9.00. The lowest BCUT2D eigenvalue weighted by atomic mass is 10.1. The first-order chi connectivity index (χ1) is 13.2. The largest absolute Gasteiger partial charge is 0.372 e. The van der Waals surface area contributed by atoms with Crippen molar-refractivity contribution < 1.29 is 9.53 Å². The molecule has 1 aliphatic rings. The summed E-state index contributed by atoms with van der Waals surface area (Å²) in [5, 5.41) is 7.49. The second-order valence-electron chi connectivity index (χ2n) is 6.57. The number of rotatable bonds is 4. The predicted octanol–water partition coefficient (Wildman–Crippen LogP) is 2.14. The molecule has 0 spiro atoms. The zero-order valence-electron chi connectivity index (χ0n) is 14.8. The summed E-state index contributed by atoms with van der Waals surface area (Å²) in [5.41, 5.74) is 0.904. The van der Waals surface area contributed by atoms with Crippen LogP contribution in [-0.2, 0) is 11.3 Å². The number of aromatic amines is 1. The number of piperidine rings is 1. The molecule has 7 nitrogen and oxygen atoms in total. The van der Waals surface area contributed by atoms with Gasteiger partial charge < -0.3 is 9.64 Å². The van der Waals surface area contributed by atoms with E-state index in [1.54, 1.807) is 35.4 Å². The fourth-order valence-corrected chi connectivity index (χ4v) is 3.34. The zero-order valence-corrected chi connectivity index (χ0v) is 14.8. The first-order valence-electron chi connectivity index (χ1n) is 9.00. The summed E-state index contributed by atoms with van der Waals surface area (Å²) in [6, 6.07) is 12.8. The number of hydrogen-bond acceptors (Lipinski definition) is 5. The number of pyridine rings is 1. The molecular formula is C20H20N4O3. The molecule has 138 valence electrons. The number of ether oxygens (including phenoxy) is 1. The third kappa shape index (κ3) is 3.73. The monoisotopic (exact) mass is 364 g/mol. The summed E-state index contributed by atoms with van der Waals surface area (Å²) >= 11 is 0. The number of carbonyl (C=O) groups excluding carboxylic acids is 1. The Bertz CT molecular complexity index is 995. The maximum absolute atomic E-state index is 12.9. The van der Waals surface area contributed by atoms with Gasteiger partial charge in [-0.1, -0.05) is 24.3 Å². The number of likely N-dealkylation sites (tertiary alicyclic amines) is 1. The van der Waals surface area contributed by atoms with Gasteiger partial charge in [0, 0.05) is 24.7 Å². The van der Waals surface area contributed by atoms with Crippen LogP contribution in [0.25, 0.3) is 10.8 Å². The van der Waals surface area contributed by atoms with Gasteiger partial charge in [0.2, 0.25) is 0 Å². The number of amides is 1. The van der Waals surface area contributed by atoms with Gasteiger partial charge in [0.1, 0.15) is 0 Å². The molecule has 3 aromatic rings. The molecule has 4 rings (SSSR count). The van der Waals surface area contributed by atoms with Crippen LogP contribution in [0.1, 0.15) is 29.0 Å². The summed E-state index contributed by atoms with van der Waals surface area (Å²) in [7, 11) is 0. The van der Waals surface area contributed by atoms with Crippen LogP contribution in [-0.4, -0.2) is 45.2 Å². The highest BCUT2D eigenvalue weighted by atomic mass is 16.5. The van der Waals surface area contributed by atoms with Crippen LogP contribution in [0.4, 0.5) is 0 Å². The topological polar surface area (TPSA) is 88.2 Å². The molecule has 2 aromatic heterocycles. The Morgan fingerprint density at radius 2 is 1.85 bits per heavy atom. The molecule has 0 bridgehead atoms. The molecule has 0 radical (unpaired) electrons. The van der Waals surface area contributed by atoms with Crippen molar-refractivity contribution in [3.05, 3.63) is 70.4 Å². The Balaban J connectivity index is 1.41. The zero-order chi connectivity index (χ0) is 18.6. The van der Waals surface area contributed by atoms with Crippen LogP contribution in [0.2, 0.25) is 0 Å². The number of fused-ring (bicyclic) bond motifs is 1. The fourth-order valence-electron chi connectivity index (χ4n) is 3.34. The van der Waals surface area contributed by atoms with Crippen molar-refractivity contribution in [2.24, 2.45) is 0 Å². The van der Waals surface area contributed by atoms with Gasteiger partial charge in [0.25, 0.3) is 11.5 Å². The van der Waals surface area contributed by atoms with Gasteiger partial charge in [0.15, 0.2) is 5.69 Å². The van der Waals surface area contributed by atoms with E-state index in [1.165, 1.54) is 0 Å². The summed E-state index contributed by atoms with van der Waals surface area (Å²) in [6.07, 6.45) is 3.39. The van der Waals surface area contributed by atoms with E-state index >= 15 is 0 Å². The third-order valence-electron chi connectivity index (χ3n) is 4.82. The Labute approximate surface area is 156 Å². The highest BCUT2D eigenvalue weighted by Crippen LogP contribution is 2.19. The normalized spacial score (nSPS) is 15.2. The van der Waals surface area contributed by atoms with Crippen molar-refractivity contribution in [3.8, 4) is 0 Å². The minimum absolute atomic E-state index is 0.108. The second-order valence-corrected chi connectivity index (χ2v) is 6.57. The van der Waals surface area contributed by atoms with Crippen molar-refractivity contribution in [2.75, 3.05) is 13.1 Å². The minimum Gasteiger partial charge on any atom is -0.372 e. The van der Waals surface area contributed by atoms with E-state index < -0.39 is 0 Å². The fraction of sp³-hybridized carbons (Fsp3) is 0.300. The van der Waals surface area contributed by atoms with Gasteiger partial charge in [-0.3, -0.25) is 14.6 Å². The molecule has 0 atom stereocenters. The lowest BCUT2D eigenvalue weighted by Gasteiger charge is -2.31. The molecule has 1 fully saturated rings. The second kappa shape index (κ2) is 7.67. The standard InChI is InChI=1S/C20H20N4O3/c25-19-17-7-2-1-6-16(17)18(22-23-19)20(26)24-11-8-15(9-12-24)27-13-14-5-3-4-10-21-14/h1-7,10,15H,8-9,11-13H2,(H,23,25). The predicted molar refractivity (Wildman–Crippen MR) is 100 cm³/mol. The molecule has 1 amide bonds. The number of carbonyl (C=O) groups is 1. The molecule has 1 N–H and O–H groups in total. The number of nitrogens with zero attached hydrogens (tertiary/aromatic N) is 3. The van der Waals surface area contributed by atoms with Gasteiger partial charge >= 0.3 is 0 Å². The Morgan fingerprint density at radius 3 is 2.59 bits per heavy atom. The number of aromatic nitrogens is 3. The van der Waals surface area contributed by atoms with E-state index in [0.717, 1.165) is 18.5 Å². The van der Waals surface area contributed by atoms with Crippen LogP contribution in [0, 0.1) is 0 Å². The third-order valence-corrected chi connectivity index (χ3v) is 4.82. The average Bonchev–Trinajstić information content (AvgIpc) is 2.73. The van der Waals surface area contributed by atoms with Gasteiger partial charge in [-0.2, -0.15) is 5.10 Å². The number of H-pyrrole nitrogens is 1. The molecule has 0 saturated carbocycles. The molecule has 7 heteroatoms. The first kappa shape index (κ1) is 17.4. The van der Waals surface area contributed by atoms with Crippen molar-refractivity contribution in [1.82, 2.24) is 20.1 Å². The van der Waals surface area contributed by atoms with Gasteiger partial charge in [0.05, 0.1) is 23.8 Å². The number of hydrogen-bond donors (Lipinski definition) is 1. The molecule has 1 saturated heterocycles. The Hall–Kier alpha value is -3.06. The van der Waals surface area contributed by atoms with Gasteiger partial charge in [-0.25, -0.2) is 5.10 Å². The van der Waals surface area contributed by atoms with Crippen LogP contribution in [0.5, 0.6) is 0 Å². The quantitative estimate of drug-likeness (QED) is 0.766. The van der Waals surface area contributed by atoms with E-state index in [9.17, 15) is 9.59 Å². The lowest BCUT2D eigenvalue weighted by molar-refractivity contribution is -0.00170. The van der Waals surface area contributed by atoms with Crippen molar-refractivity contribution in [2.45, 2.75) is 25.6 Å². The SMILES string of the molecule is O=C(c1n[nH]c(=O)c2ccccc12)N1CCC(OCc2ccccn2)CC1. The van der Waals surface area contributed by atoms with Crippen LogP contribution in [0.3, 0.4) is 0 Å². The highest BCUT2D eigenvalue weighted by Gasteiger charge is 2.26. The molecule has 0 aliphatic carbocycles. The summed E-state index contributed by atoms with van der Waals surface area (Å²) < 4.78 is 5.93. The Kier molecular flexibility index (Phi) is 4.93. The molecular weight excluding hydrogens is 344 g/mol. The molecule has 0 unspecified atom stereocenters. The minimum atomic E-state index is -0.288. The van der Waals surface area contributed by atoms with E-state index in [1.807, 2.05) is 18.2 Å². The van der Waals surface area contributed by atoms with E-state index in [0.29, 0.717) is 30.5 Å². The number of nitrogens with one attached hydrogen (secondary N) is 1. The van der Waals surface area contributed by atoms with E-state index in [4.69, 9.17) is 4.74 Å². The molecule has 1 aromatic carbocycles. The van der Waals surface area contributed by atoms with E-state index in [-0.39, 0.29) is 23.3 Å². The molecule has 3 heterocycles. The lowest BCUT2D eigenvalue weighted by Crippen LogP contribution is -2.41. The van der Waals surface area contributed by atoms with Crippen molar-refractivity contribution >= 4 is 16.7 Å². The summed E-state index contributed by atoms with van der Waals surface area (Å²) in [4.78, 5) is 30.8. The maximum atomic E-state index is 12.9. The Morgan fingerprint density at radius 1 is 1.11 bits per heavy atom. The summed E-state index contributed by atoms with van der Waals surface area (Å²) in [6.45, 7) is 1.67. The smallest absolute Gasteiger partial charge is 0.274 e. The number of benzene rings is 1. The van der Waals surface area contributed by atoms with Crippen LogP contribution < -0.4 is 5.56 Å². The van der Waals surface area contributed by atoms with Crippen molar-refractivity contribution in [1.29, 1.82) is 0 Å².